The molecule has 1 aliphatic heterocycles. The van der Waals surface area contributed by atoms with Crippen molar-refractivity contribution in [2.45, 2.75) is 11.8 Å². The molecule has 24 heavy (non-hydrogen) atoms. The van der Waals surface area contributed by atoms with E-state index in [9.17, 15) is 13.2 Å². The molecular formula is C17H15NO5S. The van der Waals surface area contributed by atoms with Crippen LogP contribution in [0.5, 0.6) is 0 Å². The Balaban J connectivity index is 2.04. The van der Waals surface area contributed by atoms with Crippen molar-refractivity contribution in [3.63, 3.8) is 0 Å². The van der Waals surface area contributed by atoms with E-state index in [-0.39, 0.29) is 11.6 Å². The van der Waals surface area contributed by atoms with Gasteiger partial charge in [-0.25, -0.2) is 0 Å². The summed E-state index contributed by atoms with van der Waals surface area (Å²) in [4.78, 5) is 12.8. The fraction of sp³-hybridized carbons (Fsp3) is 0.118. The number of ether oxygens (including phenoxy) is 1. The van der Waals surface area contributed by atoms with Crippen molar-refractivity contribution in [1.29, 1.82) is 0 Å². The Morgan fingerprint density at radius 2 is 1.92 bits per heavy atom. The molecule has 0 bridgehead atoms. The lowest BCUT2D eigenvalue weighted by molar-refractivity contribution is -0.123. The Morgan fingerprint density at radius 3 is 2.58 bits per heavy atom. The number of Topliss-reactive ketones (excluding diaryl/α,β-unsaturated/α-hetero) is 1. The monoisotopic (exact) mass is 354 g/mol. The van der Waals surface area contributed by atoms with E-state index in [2.05, 4.69) is 4.18 Å². The Kier molecular flexibility index (Phi) is 2.21. The maximum absolute atomic E-state index is 12.8. The fourth-order valence-electron chi connectivity index (χ4n) is 1.78. The molecule has 1 aliphatic rings. The Morgan fingerprint density at radius 1 is 1.25 bits per heavy atom. The molecule has 0 fully saturated rings. The number of carbonyl (C=O) groups excluding carboxylic acids is 1. The molecule has 2 aromatic rings. The van der Waals surface area contributed by atoms with E-state index in [0.717, 1.165) is 0 Å². The van der Waals surface area contributed by atoms with Gasteiger partial charge in [0.15, 0.2) is 6.08 Å². The minimum absolute atomic E-state index is 0.0552. The van der Waals surface area contributed by atoms with Crippen molar-refractivity contribution in [3.8, 4) is 0 Å². The van der Waals surface area contributed by atoms with Gasteiger partial charge >= 0.3 is 10.1 Å². The standard InChI is InChI=1S/C17H15NO5S/c18-17-16(14(19)15(22-17)13-9-5-2-6-10-13)23-24(20,21)11-12-7-3-1-4-8-12/h1-10,15H,11,18H2/i1D,2D,3D,4D,7D,8D,11D2,15D. The van der Waals surface area contributed by atoms with Crippen LogP contribution in [0.25, 0.3) is 0 Å². The lowest BCUT2D eigenvalue weighted by atomic mass is 10.1. The molecule has 124 valence electrons. The lowest BCUT2D eigenvalue weighted by Crippen LogP contribution is -2.16. The highest BCUT2D eigenvalue weighted by Gasteiger charge is 2.39. The lowest BCUT2D eigenvalue weighted by Gasteiger charge is -2.09. The molecule has 0 saturated heterocycles. The number of rotatable bonds is 5. The van der Waals surface area contributed by atoms with Crippen molar-refractivity contribution < 1.29 is 34.5 Å². The smallest absolute Gasteiger partial charge is 0.313 e. The fourth-order valence-corrected chi connectivity index (χ4v) is 2.55. The van der Waals surface area contributed by atoms with Gasteiger partial charge in [0.2, 0.25) is 17.4 Å². The van der Waals surface area contributed by atoms with Gasteiger partial charge in [0.1, 0.15) is 5.70 Å². The van der Waals surface area contributed by atoms with E-state index < -0.39 is 75.1 Å². The Labute approximate surface area is 152 Å². The highest BCUT2D eigenvalue weighted by Crippen LogP contribution is 2.32. The minimum Gasteiger partial charge on any atom is -0.460 e. The summed E-state index contributed by atoms with van der Waals surface area (Å²) in [5.74, 6) is -3.54. The normalized spacial score (nSPS) is 26.7. The molecule has 0 amide bonds. The average Bonchev–Trinajstić information content (AvgIpc) is 2.94. The van der Waals surface area contributed by atoms with Crippen molar-refractivity contribution >= 4 is 15.9 Å². The van der Waals surface area contributed by atoms with Gasteiger partial charge in [-0.2, -0.15) is 8.42 Å². The van der Waals surface area contributed by atoms with E-state index in [1.54, 1.807) is 0 Å². The number of carbonyl (C=O) groups is 1. The molecule has 3 rings (SSSR count). The zero-order chi connectivity index (χ0) is 25.1. The van der Waals surface area contributed by atoms with E-state index in [1.807, 2.05) is 0 Å². The number of hydrogen-bond acceptors (Lipinski definition) is 6. The van der Waals surface area contributed by atoms with Crippen LogP contribution in [0.1, 0.15) is 29.5 Å². The summed E-state index contributed by atoms with van der Waals surface area (Å²) < 4.78 is 105. The summed E-state index contributed by atoms with van der Waals surface area (Å²) in [5, 5.41) is 0. The molecule has 0 spiro atoms. The van der Waals surface area contributed by atoms with Gasteiger partial charge in [-0.3, -0.25) is 4.79 Å². The van der Waals surface area contributed by atoms with Crippen LogP contribution in [0.2, 0.25) is 0 Å². The summed E-state index contributed by atoms with van der Waals surface area (Å²) >= 11 is 0. The average molecular weight is 354 g/mol. The molecule has 7 heteroatoms. The van der Waals surface area contributed by atoms with Crippen molar-refractivity contribution in [1.82, 2.24) is 0 Å². The molecule has 6 nitrogen and oxygen atoms in total. The largest absolute Gasteiger partial charge is 0.460 e. The summed E-state index contributed by atoms with van der Waals surface area (Å²) in [6.45, 7) is 0. The van der Waals surface area contributed by atoms with E-state index in [4.69, 9.17) is 22.8 Å². The summed E-state index contributed by atoms with van der Waals surface area (Å²) in [7, 11) is -5.58. The van der Waals surface area contributed by atoms with Gasteiger partial charge in [0, 0.05) is 5.56 Å². The highest BCUT2D eigenvalue weighted by atomic mass is 32.2. The highest BCUT2D eigenvalue weighted by molar-refractivity contribution is 7.86. The first-order chi connectivity index (χ1) is 15.1. The topological polar surface area (TPSA) is 95.7 Å². The van der Waals surface area contributed by atoms with Crippen molar-refractivity contribution in [2.75, 3.05) is 0 Å². The van der Waals surface area contributed by atoms with Crippen LogP contribution in [0.4, 0.5) is 0 Å². The maximum Gasteiger partial charge on any atom is 0.313 e. The second-order valence-corrected chi connectivity index (χ2v) is 5.66. The predicted molar refractivity (Wildman–Crippen MR) is 86.6 cm³/mol. The second-order valence-electron chi connectivity index (χ2n) is 4.38. The molecule has 1 heterocycles. The molecule has 2 N–H and O–H groups in total. The predicted octanol–water partition coefficient (Wildman–Crippen LogP) is 2.00. The first kappa shape index (κ1) is 8.34. The summed E-state index contributed by atoms with van der Waals surface area (Å²) in [5.41, 5.74) is 0.461. The SMILES string of the molecule is [2H]c1ccc(C2([2H])OC(N)=C(OS(=O)(=O)C([2H])([2H])c3c([2H])c([2H])c([2H])c([2H])c3[2H])C2=O)cc1. The molecule has 0 aliphatic carbocycles. The first-order valence-corrected chi connectivity index (χ1v) is 7.79. The van der Waals surface area contributed by atoms with E-state index in [0.29, 0.717) is 0 Å². The number of nitrogens with two attached hydrogens (primary N) is 1. The minimum atomic E-state index is -5.58. The second kappa shape index (κ2) is 6.37. The molecular weight excluding hydrogens is 330 g/mol. The van der Waals surface area contributed by atoms with Crippen molar-refractivity contribution in [3.05, 3.63) is 83.3 Å². The van der Waals surface area contributed by atoms with Gasteiger partial charge in [0.25, 0.3) is 0 Å². The van der Waals surface area contributed by atoms with E-state index >= 15 is 0 Å². The first-order valence-electron chi connectivity index (χ1n) is 10.9. The zero-order valence-electron chi connectivity index (χ0n) is 20.8. The number of hydrogen-bond donors (Lipinski definition) is 1. The summed E-state index contributed by atoms with van der Waals surface area (Å²) in [6.07, 6.45) is -2.58. The van der Waals surface area contributed by atoms with Gasteiger partial charge in [-0.05, 0) is 5.56 Å². The Hall–Kier alpha value is -2.80. The van der Waals surface area contributed by atoms with Crippen molar-refractivity contribution in [2.24, 2.45) is 5.73 Å². The molecule has 1 unspecified atom stereocenters. The summed E-state index contributed by atoms with van der Waals surface area (Å²) in [6, 6.07) is -0.145. The van der Waals surface area contributed by atoms with Crippen LogP contribution >= 0.6 is 0 Å². The van der Waals surface area contributed by atoms with Crippen LogP contribution < -0.4 is 5.73 Å². The maximum atomic E-state index is 12.8. The third-order valence-electron chi connectivity index (χ3n) is 2.75. The Bertz CT molecular complexity index is 1280. The van der Waals surface area contributed by atoms with Crippen LogP contribution in [-0.4, -0.2) is 14.2 Å². The van der Waals surface area contributed by atoms with Gasteiger partial charge in [-0.15, -0.1) is 0 Å². The molecule has 2 aromatic carbocycles. The van der Waals surface area contributed by atoms with Crippen LogP contribution in [0.15, 0.2) is 72.2 Å². The third kappa shape index (κ3) is 3.41. The van der Waals surface area contributed by atoms with Crippen LogP contribution in [-0.2, 0) is 29.5 Å². The van der Waals surface area contributed by atoms with Gasteiger partial charge in [-0.1, -0.05) is 60.5 Å². The quantitative estimate of drug-likeness (QED) is 0.825. The number of benzene rings is 2. The molecule has 0 radical (unpaired) electrons. The zero-order valence-corrected chi connectivity index (χ0v) is 12.7. The van der Waals surface area contributed by atoms with E-state index in [1.165, 1.54) is 24.3 Å². The van der Waals surface area contributed by atoms with Crippen LogP contribution in [0.3, 0.4) is 0 Å². The van der Waals surface area contributed by atoms with Crippen LogP contribution in [0, 0.1) is 0 Å². The van der Waals surface area contributed by atoms with Gasteiger partial charge in [0.05, 0.1) is 12.3 Å². The molecule has 0 saturated carbocycles. The van der Waals surface area contributed by atoms with Gasteiger partial charge < -0.3 is 14.7 Å². The molecule has 0 aromatic heterocycles. The third-order valence-corrected chi connectivity index (χ3v) is 3.59. The molecule has 1 atom stereocenters. The number of ketones is 1.